The first-order valence-corrected chi connectivity index (χ1v) is 20.0. The lowest BCUT2D eigenvalue weighted by Gasteiger charge is -2.21. The second-order valence-electron chi connectivity index (χ2n) is 13.8. The average molecular weight is 661 g/mol. The Morgan fingerprint density at radius 2 is 1.06 bits per heavy atom. The smallest absolute Gasteiger partial charge is 0.237 e. The highest BCUT2D eigenvalue weighted by Gasteiger charge is 2.19. The Bertz CT molecular complexity index is 803. The van der Waals surface area contributed by atoms with Gasteiger partial charge >= 0.3 is 0 Å². The Kier molecular flexibility index (Phi) is 30.4. The highest BCUT2D eigenvalue weighted by molar-refractivity contribution is 5.82. The first-order valence-electron chi connectivity index (χ1n) is 20.0. The summed E-state index contributed by atoms with van der Waals surface area (Å²) in [7, 11) is 1.81. The molecule has 0 aliphatic carbocycles. The van der Waals surface area contributed by atoms with E-state index < -0.39 is 0 Å². The van der Waals surface area contributed by atoms with Gasteiger partial charge in [0.05, 0.1) is 18.8 Å². The zero-order valence-corrected chi connectivity index (χ0v) is 31.1. The molecule has 0 radical (unpaired) electrons. The highest BCUT2D eigenvalue weighted by Crippen LogP contribution is 2.14. The van der Waals surface area contributed by atoms with Crippen LogP contribution in [0.2, 0.25) is 0 Å². The van der Waals surface area contributed by atoms with E-state index >= 15 is 0 Å². The summed E-state index contributed by atoms with van der Waals surface area (Å²) in [6.45, 7) is 6.98. The van der Waals surface area contributed by atoms with E-state index in [2.05, 4.69) is 24.5 Å². The first kappa shape index (κ1) is 43.4. The summed E-state index contributed by atoms with van der Waals surface area (Å²) in [5.74, 6) is 0.191. The van der Waals surface area contributed by atoms with E-state index in [0.717, 1.165) is 25.0 Å². The zero-order valence-electron chi connectivity index (χ0n) is 31.1. The number of phenolic OH excluding ortho intramolecular Hbond substituents is 1. The maximum atomic E-state index is 13.0. The molecule has 0 bridgehead atoms. The Morgan fingerprint density at radius 3 is 1.51 bits per heavy atom. The third-order valence-corrected chi connectivity index (χ3v) is 9.34. The average Bonchev–Trinajstić information content (AvgIpc) is 3.08. The summed E-state index contributed by atoms with van der Waals surface area (Å²) in [5, 5.41) is 15.8. The van der Waals surface area contributed by atoms with E-state index in [1.54, 1.807) is 12.1 Å². The molecule has 6 nitrogen and oxygen atoms in total. The van der Waals surface area contributed by atoms with E-state index in [1.165, 1.54) is 141 Å². The van der Waals surface area contributed by atoms with Gasteiger partial charge in [-0.05, 0) is 44.0 Å². The lowest BCUT2D eigenvalue weighted by molar-refractivity contribution is -0.124. The minimum absolute atomic E-state index is 0.0412. The fourth-order valence-corrected chi connectivity index (χ4v) is 6.15. The summed E-state index contributed by atoms with van der Waals surface area (Å²) in [5.41, 5.74) is 1.00. The molecule has 1 rings (SSSR count). The molecule has 0 saturated heterocycles. The van der Waals surface area contributed by atoms with Crippen LogP contribution in [0.15, 0.2) is 24.3 Å². The van der Waals surface area contributed by atoms with Gasteiger partial charge in [0.2, 0.25) is 5.91 Å². The minimum Gasteiger partial charge on any atom is -0.508 e. The maximum Gasteiger partial charge on any atom is 0.237 e. The van der Waals surface area contributed by atoms with Gasteiger partial charge in [0.1, 0.15) is 5.75 Å². The number of rotatable bonds is 35. The number of ether oxygens (including phenoxy) is 2. The van der Waals surface area contributed by atoms with Crippen LogP contribution in [0.5, 0.6) is 5.75 Å². The molecule has 1 aromatic carbocycles. The number of likely N-dealkylation sites (N-methyl/N-ethyl adjacent to an activating group) is 1. The van der Waals surface area contributed by atoms with Gasteiger partial charge in [-0.1, -0.05) is 167 Å². The largest absolute Gasteiger partial charge is 0.508 e. The molecule has 0 aromatic heterocycles. The molecular weight excluding hydrogens is 584 g/mol. The predicted molar refractivity (Wildman–Crippen MR) is 200 cm³/mol. The van der Waals surface area contributed by atoms with Gasteiger partial charge in [0.25, 0.3) is 0 Å². The van der Waals surface area contributed by atoms with Crippen molar-refractivity contribution in [2.45, 2.75) is 187 Å². The number of unbranched alkanes of at least 4 members (excludes halogenated alkanes) is 22. The summed E-state index contributed by atoms with van der Waals surface area (Å²) in [6, 6.07) is 6.69. The predicted octanol–water partition coefficient (Wildman–Crippen LogP) is 10.4. The van der Waals surface area contributed by atoms with Crippen LogP contribution in [0.3, 0.4) is 0 Å². The second-order valence-corrected chi connectivity index (χ2v) is 13.8. The van der Waals surface area contributed by atoms with Crippen molar-refractivity contribution in [3.8, 4) is 5.75 Å². The van der Waals surface area contributed by atoms with Crippen molar-refractivity contribution in [1.29, 1.82) is 0 Å². The molecule has 3 N–H and O–H groups in total. The fourth-order valence-electron chi connectivity index (χ4n) is 6.15. The number of carbonyl (C=O) groups excluding carboxylic acids is 1. The molecule has 0 heterocycles. The number of hydrogen-bond donors (Lipinski definition) is 3. The van der Waals surface area contributed by atoms with E-state index in [0.29, 0.717) is 26.2 Å². The van der Waals surface area contributed by atoms with Crippen LogP contribution >= 0.6 is 0 Å². The molecule has 6 heteroatoms. The molecule has 0 aliphatic rings. The molecule has 0 aliphatic heterocycles. The van der Waals surface area contributed by atoms with Crippen LogP contribution in [0.4, 0.5) is 0 Å². The molecule has 1 amide bonds. The summed E-state index contributed by atoms with van der Waals surface area (Å²) >= 11 is 0. The Morgan fingerprint density at radius 1 is 0.638 bits per heavy atom. The zero-order chi connectivity index (χ0) is 34.0. The van der Waals surface area contributed by atoms with E-state index in [9.17, 15) is 9.90 Å². The van der Waals surface area contributed by atoms with Gasteiger partial charge < -0.3 is 25.2 Å². The number of benzene rings is 1. The quantitative estimate of drug-likeness (QED) is 0.0632. The van der Waals surface area contributed by atoms with Crippen LogP contribution in [-0.4, -0.2) is 56.6 Å². The van der Waals surface area contributed by atoms with Gasteiger partial charge in [-0.25, -0.2) is 0 Å². The van der Waals surface area contributed by atoms with Crippen molar-refractivity contribution in [3.05, 3.63) is 29.8 Å². The fraction of sp³-hybridized carbons (Fsp3) is 0.829. The number of aromatic hydroxyl groups is 1. The first-order chi connectivity index (χ1) is 23.1. The van der Waals surface area contributed by atoms with E-state index in [1.807, 2.05) is 19.2 Å². The van der Waals surface area contributed by atoms with Gasteiger partial charge in [-0.3, -0.25) is 4.79 Å². The minimum atomic E-state index is -0.349. The molecule has 274 valence electrons. The van der Waals surface area contributed by atoms with Crippen molar-refractivity contribution in [1.82, 2.24) is 10.6 Å². The number of nitrogens with one attached hydrogen (secondary N) is 2. The van der Waals surface area contributed by atoms with Crippen LogP contribution in [0, 0.1) is 0 Å². The second kappa shape index (κ2) is 32.9. The van der Waals surface area contributed by atoms with Gasteiger partial charge in [0, 0.05) is 19.8 Å². The van der Waals surface area contributed by atoms with Crippen molar-refractivity contribution in [2.75, 3.05) is 33.4 Å². The lowest BCUT2D eigenvalue weighted by Crippen LogP contribution is -2.47. The van der Waals surface area contributed by atoms with E-state index in [-0.39, 0.29) is 23.8 Å². The number of carbonyl (C=O) groups is 1. The topological polar surface area (TPSA) is 79.8 Å². The lowest BCUT2D eigenvalue weighted by atomic mass is 10.1. The van der Waals surface area contributed by atoms with Crippen molar-refractivity contribution in [2.24, 2.45) is 0 Å². The number of hydrogen-bond acceptors (Lipinski definition) is 5. The number of amides is 1. The molecule has 47 heavy (non-hydrogen) atoms. The van der Waals surface area contributed by atoms with Crippen molar-refractivity contribution >= 4 is 5.91 Å². The van der Waals surface area contributed by atoms with Crippen LogP contribution in [0.1, 0.15) is 174 Å². The molecule has 2 atom stereocenters. The molecule has 1 aromatic rings. The normalized spacial score (nSPS) is 12.7. The van der Waals surface area contributed by atoms with Gasteiger partial charge in [-0.2, -0.15) is 0 Å². The van der Waals surface area contributed by atoms with Crippen molar-refractivity contribution in [3.63, 3.8) is 0 Å². The third kappa shape index (κ3) is 26.9. The van der Waals surface area contributed by atoms with Crippen LogP contribution in [-0.2, 0) is 20.7 Å². The standard InChI is InChI=1S/C41H76N2O4/c1-4-6-8-10-12-14-16-18-20-22-24-26-32-46-36-39(47-33-27-25-23-21-19-17-15-13-11-9-7-5-2)35-43-41(45)40(42-3)34-37-28-30-38(44)31-29-37/h28-31,39-40,42,44H,4-27,32-36H2,1-3H3,(H,43,45)/t39?,40-/m0/s1. The third-order valence-electron chi connectivity index (χ3n) is 9.34. The SMILES string of the molecule is CCCCCCCCCCCCCCOCC(CNC(=O)[C@H](Cc1ccc(O)cc1)NC)OCCCCCCCCCCCCCC. The Hall–Kier alpha value is -1.63. The summed E-state index contributed by atoms with van der Waals surface area (Å²) in [6.07, 6.45) is 32.3. The van der Waals surface area contributed by atoms with Gasteiger partial charge in [-0.15, -0.1) is 0 Å². The Balaban J connectivity index is 2.29. The Labute approximate surface area is 290 Å². The van der Waals surface area contributed by atoms with E-state index in [4.69, 9.17) is 9.47 Å². The van der Waals surface area contributed by atoms with Crippen molar-refractivity contribution < 1.29 is 19.4 Å². The molecule has 1 unspecified atom stereocenters. The molecule has 0 spiro atoms. The van der Waals surface area contributed by atoms with Crippen LogP contribution < -0.4 is 10.6 Å². The highest BCUT2D eigenvalue weighted by atomic mass is 16.5. The molecular formula is C41H76N2O4. The molecule has 0 saturated carbocycles. The van der Waals surface area contributed by atoms with Crippen LogP contribution in [0.25, 0.3) is 0 Å². The monoisotopic (exact) mass is 661 g/mol. The number of phenols is 1. The van der Waals surface area contributed by atoms with Gasteiger partial charge in [0.15, 0.2) is 0 Å². The summed E-state index contributed by atoms with van der Waals surface area (Å²) < 4.78 is 12.3. The molecule has 0 fully saturated rings. The maximum absolute atomic E-state index is 13.0. The summed E-state index contributed by atoms with van der Waals surface area (Å²) in [4.78, 5) is 13.0.